The summed E-state index contributed by atoms with van der Waals surface area (Å²) in [4.78, 5) is 0. The molecular weight excluding hydrogens is 272 g/mol. The smallest absolute Gasteiger partial charge is 0.0700 e. The van der Waals surface area contributed by atoms with Crippen molar-refractivity contribution >= 4 is 15.9 Å². The highest BCUT2D eigenvalue weighted by atomic mass is 79.9. The second kappa shape index (κ2) is 7.64. The van der Waals surface area contributed by atoms with Crippen LogP contribution in [-0.2, 0) is 14.2 Å². The molecule has 0 aromatic heterocycles. The fraction of sp³-hybridized carbons (Fsp3) is 1.00. The summed E-state index contributed by atoms with van der Waals surface area (Å²) < 4.78 is 16.1. The topological polar surface area (TPSA) is 27.7 Å². The van der Waals surface area contributed by atoms with E-state index in [0.29, 0.717) is 24.7 Å². The number of hydrogen-bond acceptors (Lipinski definition) is 3. The molecule has 0 bridgehead atoms. The number of methoxy groups -OCH3 is 1. The third kappa shape index (κ3) is 3.99. The number of hydrogen-bond donors (Lipinski definition) is 0. The number of halogens is 1. The van der Waals surface area contributed by atoms with Crippen LogP contribution in [0, 0.1) is 5.41 Å². The molecule has 1 heterocycles. The van der Waals surface area contributed by atoms with E-state index >= 15 is 0 Å². The summed E-state index contributed by atoms with van der Waals surface area (Å²) in [5.74, 6) is 0. The maximum absolute atomic E-state index is 5.66. The van der Waals surface area contributed by atoms with Gasteiger partial charge in [0.25, 0.3) is 0 Å². The molecule has 1 fully saturated rings. The highest BCUT2D eigenvalue weighted by Crippen LogP contribution is 2.40. The van der Waals surface area contributed by atoms with E-state index in [0.717, 1.165) is 31.4 Å². The van der Waals surface area contributed by atoms with Gasteiger partial charge in [0.05, 0.1) is 19.3 Å². The van der Waals surface area contributed by atoms with Crippen LogP contribution in [0.25, 0.3) is 0 Å². The molecule has 0 aromatic carbocycles. The van der Waals surface area contributed by atoms with Crippen molar-refractivity contribution in [3.63, 3.8) is 0 Å². The minimum absolute atomic E-state index is 0.324. The van der Waals surface area contributed by atoms with E-state index in [1.165, 1.54) is 6.42 Å². The van der Waals surface area contributed by atoms with Gasteiger partial charge in [-0.2, -0.15) is 0 Å². The van der Waals surface area contributed by atoms with E-state index in [1.807, 2.05) is 0 Å². The standard InChI is InChI=1S/C12H23BrO3/c1-11-12(10-13,5-7-16-11)4-3-6-15-9-8-14-2/h11H,3-10H2,1-2H3. The van der Waals surface area contributed by atoms with Gasteiger partial charge in [0.2, 0.25) is 0 Å². The Morgan fingerprint density at radius 1 is 1.38 bits per heavy atom. The molecule has 0 amide bonds. The molecule has 16 heavy (non-hydrogen) atoms. The van der Waals surface area contributed by atoms with E-state index in [9.17, 15) is 0 Å². The Balaban J connectivity index is 2.14. The van der Waals surface area contributed by atoms with Crippen LogP contribution in [0.15, 0.2) is 0 Å². The van der Waals surface area contributed by atoms with Crippen molar-refractivity contribution in [1.29, 1.82) is 0 Å². The minimum Gasteiger partial charge on any atom is -0.382 e. The van der Waals surface area contributed by atoms with Crippen molar-refractivity contribution in [3.8, 4) is 0 Å². The van der Waals surface area contributed by atoms with Gasteiger partial charge in [-0.15, -0.1) is 0 Å². The summed E-state index contributed by atoms with van der Waals surface area (Å²) >= 11 is 3.63. The Hall–Kier alpha value is 0.360. The molecule has 1 aliphatic rings. The van der Waals surface area contributed by atoms with Gasteiger partial charge < -0.3 is 14.2 Å². The highest BCUT2D eigenvalue weighted by molar-refractivity contribution is 9.09. The molecule has 96 valence electrons. The lowest BCUT2D eigenvalue weighted by Crippen LogP contribution is -2.30. The predicted octanol–water partition coefficient (Wildman–Crippen LogP) is 2.62. The zero-order chi connectivity index (χ0) is 11.9. The zero-order valence-electron chi connectivity index (χ0n) is 10.3. The molecule has 0 spiro atoms. The first-order chi connectivity index (χ1) is 7.75. The SMILES string of the molecule is COCCOCCCC1(CBr)CCOC1C. The van der Waals surface area contributed by atoms with E-state index in [1.54, 1.807) is 7.11 Å². The van der Waals surface area contributed by atoms with Crippen LogP contribution < -0.4 is 0 Å². The first-order valence-corrected chi connectivity index (χ1v) is 7.11. The Kier molecular flexibility index (Phi) is 6.89. The Bertz CT molecular complexity index is 189. The Morgan fingerprint density at radius 3 is 2.75 bits per heavy atom. The third-order valence-corrected chi connectivity index (χ3v) is 4.61. The van der Waals surface area contributed by atoms with Gasteiger partial charge in [-0.1, -0.05) is 15.9 Å². The number of ether oxygens (including phenoxy) is 3. The van der Waals surface area contributed by atoms with E-state index in [-0.39, 0.29) is 0 Å². The quantitative estimate of drug-likeness (QED) is 0.509. The fourth-order valence-electron chi connectivity index (χ4n) is 2.16. The van der Waals surface area contributed by atoms with Crippen LogP contribution in [0.5, 0.6) is 0 Å². The molecule has 0 aromatic rings. The molecule has 2 atom stereocenters. The summed E-state index contributed by atoms with van der Waals surface area (Å²) in [5, 5.41) is 1.03. The van der Waals surface area contributed by atoms with Crippen LogP contribution in [0.3, 0.4) is 0 Å². The first-order valence-electron chi connectivity index (χ1n) is 5.99. The van der Waals surface area contributed by atoms with Crippen LogP contribution in [-0.4, -0.2) is 45.0 Å². The highest BCUT2D eigenvalue weighted by Gasteiger charge is 2.39. The van der Waals surface area contributed by atoms with Crippen molar-refractivity contribution in [2.75, 3.05) is 38.9 Å². The molecule has 0 saturated carbocycles. The average Bonchev–Trinajstić information content (AvgIpc) is 2.66. The van der Waals surface area contributed by atoms with Crippen LogP contribution in [0.2, 0.25) is 0 Å². The fourth-order valence-corrected chi connectivity index (χ4v) is 3.18. The molecule has 0 aliphatic carbocycles. The largest absolute Gasteiger partial charge is 0.382 e. The lowest BCUT2D eigenvalue weighted by atomic mass is 9.80. The van der Waals surface area contributed by atoms with Crippen molar-refractivity contribution in [3.05, 3.63) is 0 Å². The second-order valence-corrected chi connectivity index (χ2v) is 5.03. The maximum Gasteiger partial charge on any atom is 0.0700 e. The maximum atomic E-state index is 5.66. The average molecular weight is 295 g/mol. The number of rotatable bonds is 8. The molecule has 1 saturated heterocycles. The first kappa shape index (κ1) is 14.4. The normalized spacial score (nSPS) is 29.8. The van der Waals surface area contributed by atoms with Gasteiger partial charge >= 0.3 is 0 Å². The molecule has 2 unspecified atom stereocenters. The van der Waals surface area contributed by atoms with Gasteiger partial charge in [0.1, 0.15) is 0 Å². The summed E-state index contributed by atoms with van der Waals surface area (Å²) in [6, 6.07) is 0. The van der Waals surface area contributed by atoms with Crippen LogP contribution in [0.4, 0.5) is 0 Å². The van der Waals surface area contributed by atoms with Crippen molar-refractivity contribution in [2.45, 2.75) is 32.3 Å². The van der Waals surface area contributed by atoms with Crippen molar-refractivity contribution in [1.82, 2.24) is 0 Å². The summed E-state index contributed by atoms with van der Waals surface area (Å²) in [6.45, 7) is 5.29. The monoisotopic (exact) mass is 294 g/mol. The summed E-state index contributed by atoms with van der Waals surface area (Å²) in [6.07, 6.45) is 3.80. The second-order valence-electron chi connectivity index (χ2n) is 4.47. The van der Waals surface area contributed by atoms with Gasteiger partial charge in [-0.3, -0.25) is 0 Å². The third-order valence-electron chi connectivity index (χ3n) is 3.49. The van der Waals surface area contributed by atoms with Gasteiger partial charge in [0, 0.05) is 31.1 Å². The number of alkyl halides is 1. The summed E-state index contributed by atoms with van der Waals surface area (Å²) in [5.41, 5.74) is 0.324. The van der Waals surface area contributed by atoms with Crippen molar-refractivity contribution in [2.24, 2.45) is 5.41 Å². The van der Waals surface area contributed by atoms with Crippen LogP contribution in [0.1, 0.15) is 26.2 Å². The molecule has 0 radical (unpaired) electrons. The van der Waals surface area contributed by atoms with E-state index in [4.69, 9.17) is 14.2 Å². The Labute approximate surface area is 107 Å². The van der Waals surface area contributed by atoms with E-state index in [2.05, 4.69) is 22.9 Å². The van der Waals surface area contributed by atoms with Gasteiger partial charge in [-0.05, 0) is 26.2 Å². The molecule has 1 rings (SSSR count). The zero-order valence-corrected chi connectivity index (χ0v) is 11.9. The molecule has 1 aliphatic heterocycles. The van der Waals surface area contributed by atoms with Gasteiger partial charge in [-0.25, -0.2) is 0 Å². The predicted molar refractivity (Wildman–Crippen MR) is 68.2 cm³/mol. The summed E-state index contributed by atoms with van der Waals surface area (Å²) in [7, 11) is 1.70. The molecule has 0 N–H and O–H groups in total. The lowest BCUT2D eigenvalue weighted by Gasteiger charge is -2.30. The molecular formula is C12H23BrO3. The van der Waals surface area contributed by atoms with E-state index < -0.39 is 0 Å². The van der Waals surface area contributed by atoms with Crippen LogP contribution >= 0.6 is 15.9 Å². The molecule has 3 nitrogen and oxygen atoms in total. The van der Waals surface area contributed by atoms with Gasteiger partial charge in [0.15, 0.2) is 0 Å². The molecule has 4 heteroatoms. The minimum atomic E-state index is 0.324. The van der Waals surface area contributed by atoms with Crippen molar-refractivity contribution < 1.29 is 14.2 Å². The Morgan fingerprint density at radius 2 is 2.19 bits per heavy atom. The lowest BCUT2D eigenvalue weighted by molar-refractivity contribution is 0.0487.